The van der Waals surface area contributed by atoms with E-state index in [0.29, 0.717) is 35.0 Å². The highest BCUT2D eigenvalue weighted by Crippen LogP contribution is 2.44. The number of phenols is 1. The Balaban J connectivity index is 1.89. The zero-order chi connectivity index (χ0) is 26.6. The number of methoxy groups -OCH3 is 1. The highest BCUT2D eigenvalue weighted by molar-refractivity contribution is 7.99. The molecule has 6 nitrogen and oxygen atoms in total. The summed E-state index contributed by atoms with van der Waals surface area (Å²) >= 11 is 1.45. The van der Waals surface area contributed by atoms with E-state index in [9.17, 15) is 17.9 Å². The number of fused-ring (bicyclic) bond motifs is 1. The Morgan fingerprint density at radius 2 is 1.78 bits per heavy atom. The first-order valence-corrected chi connectivity index (χ1v) is 14.9. The van der Waals surface area contributed by atoms with Gasteiger partial charge in [-0.05, 0) is 60.2 Å². The number of unbranched alkanes of at least 4 members (excludes halogenated alkanes) is 1. The Bertz CT molecular complexity index is 1320. The first-order valence-electron chi connectivity index (χ1n) is 12.5. The van der Waals surface area contributed by atoms with Crippen molar-refractivity contribution in [1.82, 2.24) is 4.31 Å². The molecule has 0 spiro atoms. The highest BCUT2D eigenvalue weighted by atomic mass is 32.2. The number of sulfonamides is 1. The van der Waals surface area contributed by atoms with Crippen LogP contribution in [0.15, 0.2) is 70.5 Å². The van der Waals surface area contributed by atoms with Crippen molar-refractivity contribution in [3.63, 3.8) is 0 Å². The van der Waals surface area contributed by atoms with E-state index >= 15 is 0 Å². The summed E-state index contributed by atoms with van der Waals surface area (Å²) in [5.41, 5.74) is 2.02. The van der Waals surface area contributed by atoms with E-state index in [-0.39, 0.29) is 29.0 Å². The quantitative estimate of drug-likeness (QED) is 0.308. The van der Waals surface area contributed by atoms with Gasteiger partial charge < -0.3 is 14.7 Å². The zero-order valence-corrected chi connectivity index (χ0v) is 23.0. The fraction of sp³-hybridized carbons (Fsp3) is 0.357. The molecule has 0 saturated heterocycles. The predicted molar refractivity (Wildman–Crippen MR) is 147 cm³/mol. The van der Waals surface area contributed by atoms with Crippen molar-refractivity contribution in [2.24, 2.45) is 0 Å². The summed E-state index contributed by atoms with van der Waals surface area (Å²) in [7, 11) is -2.41. The molecule has 4 rings (SSSR count). The molecule has 0 amide bonds. The van der Waals surface area contributed by atoms with Crippen LogP contribution in [0.1, 0.15) is 38.7 Å². The largest absolute Gasteiger partial charge is 0.507 e. The first-order chi connectivity index (χ1) is 17.8. The molecular weight excluding hydrogens is 511 g/mol. The van der Waals surface area contributed by atoms with Crippen LogP contribution in [0.4, 0.5) is 15.8 Å². The minimum absolute atomic E-state index is 0.0438. The van der Waals surface area contributed by atoms with Gasteiger partial charge in [0, 0.05) is 30.9 Å². The molecule has 1 aliphatic rings. The Kier molecular flexibility index (Phi) is 8.67. The van der Waals surface area contributed by atoms with Crippen molar-refractivity contribution >= 4 is 33.2 Å². The average molecular weight is 545 g/mol. The summed E-state index contributed by atoms with van der Waals surface area (Å²) in [5, 5.41) is 10.8. The monoisotopic (exact) mass is 544 g/mol. The van der Waals surface area contributed by atoms with Crippen molar-refractivity contribution in [1.29, 1.82) is 0 Å². The molecule has 1 heterocycles. The van der Waals surface area contributed by atoms with Gasteiger partial charge in [-0.2, -0.15) is 4.31 Å². The molecule has 1 atom stereocenters. The molecule has 3 aromatic carbocycles. The lowest BCUT2D eigenvalue weighted by Gasteiger charge is -2.31. The number of hydrogen-bond acceptors (Lipinski definition) is 6. The SMILES string of the molecule is CCCCC1CN(c2ccc(F)cc2)c2cc(SCC)c(O)cc2S(=O)(=O)N1Cc1ccc(OC)cc1. The lowest BCUT2D eigenvalue weighted by Crippen LogP contribution is -2.43. The van der Waals surface area contributed by atoms with Crippen molar-refractivity contribution in [3.8, 4) is 11.5 Å². The molecular formula is C28H33FN2O4S2. The number of hydrogen-bond donors (Lipinski definition) is 1. The standard InChI is InChI=1S/C28H33FN2O4S2/c1-4-6-7-23-19-30(22-12-10-21(29)11-13-22)25-16-27(36-5-2)26(32)17-28(25)37(33,34)31(23)18-20-8-14-24(35-3)15-9-20/h8-17,23,32H,4-7,18-19H2,1-3H3. The van der Waals surface area contributed by atoms with Gasteiger partial charge in [0.25, 0.3) is 0 Å². The maximum Gasteiger partial charge on any atom is 0.245 e. The molecule has 1 N–H and O–H groups in total. The molecule has 0 saturated carbocycles. The van der Waals surface area contributed by atoms with Gasteiger partial charge in [0.2, 0.25) is 10.0 Å². The van der Waals surface area contributed by atoms with E-state index in [1.807, 2.05) is 36.1 Å². The number of phenolic OH excluding ortho intramolecular Hbond substituents is 1. The highest BCUT2D eigenvalue weighted by Gasteiger charge is 2.39. The summed E-state index contributed by atoms with van der Waals surface area (Å²) in [5.74, 6) is 0.995. The lowest BCUT2D eigenvalue weighted by molar-refractivity contribution is 0.300. The molecule has 0 aromatic heterocycles. The molecule has 198 valence electrons. The Hall–Kier alpha value is -2.75. The third-order valence-corrected chi connectivity index (χ3v) is 9.40. The third kappa shape index (κ3) is 5.89. The number of anilines is 2. The van der Waals surface area contributed by atoms with Crippen LogP contribution in [0.3, 0.4) is 0 Å². The van der Waals surface area contributed by atoms with Gasteiger partial charge >= 0.3 is 0 Å². The van der Waals surface area contributed by atoms with Crippen molar-refractivity contribution in [3.05, 3.63) is 72.0 Å². The normalized spacial score (nSPS) is 17.3. The molecule has 3 aromatic rings. The number of benzene rings is 3. The van der Waals surface area contributed by atoms with Gasteiger partial charge in [-0.25, -0.2) is 12.8 Å². The molecule has 0 aliphatic carbocycles. The number of halogens is 1. The van der Waals surface area contributed by atoms with E-state index in [1.165, 1.54) is 30.0 Å². The van der Waals surface area contributed by atoms with Gasteiger partial charge in [-0.1, -0.05) is 38.8 Å². The van der Waals surface area contributed by atoms with E-state index in [1.54, 1.807) is 29.6 Å². The fourth-order valence-corrected chi connectivity index (χ4v) is 7.16. The molecule has 0 radical (unpaired) electrons. The minimum atomic E-state index is -4.00. The second kappa shape index (κ2) is 11.8. The first kappa shape index (κ1) is 27.3. The zero-order valence-electron chi connectivity index (χ0n) is 21.4. The molecule has 1 aliphatic heterocycles. The van der Waals surface area contributed by atoms with Crippen LogP contribution in [0.5, 0.6) is 11.5 Å². The van der Waals surface area contributed by atoms with Gasteiger partial charge in [0.15, 0.2) is 0 Å². The van der Waals surface area contributed by atoms with Crippen LogP contribution in [-0.4, -0.2) is 43.3 Å². The van der Waals surface area contributed by atoms with Crippen molar-refractivity contribution < 1.29 is 22.7 Å². The van der Waals surface area contributed by atoms with Gasteiger partial charge in [-0.15, -0.1) is 11.8 Å². The Labute approximate surface area is 223 Å². The van der Waals surface area contributed by atoms with Crippen LogP contribution in [0, 0.1) is 5.82 Å². The molecule has 9 heteroatoms. The smallest absolute Gasteiger partial charge is 0.245 e. The van der Waals surface area contributed by atoms with Crippen molar-refractivity contribution in [2.45, 2.75) is 55.5 Å². The van der Waals surface area contributed by atoms with E-state index in [4.69, 9.17) is 4.74 Å². The molecule has 0 fully saturated rings. The second-order valence-electron chi connectivity index (χ2n) is 9.00. The number of nitrogens with zero attached hydrogens (tertiary/aromatic N) is 2. The van der Waals surface area contributed by atoms with Crippen LogP contribution >= 0.6 is 11.8 Å². The average Bonchev–Trinajstić information content (AvgIpc) is 2.97. The minimum Gasteiger partial charge on any atom is -0.507 e. The summed E-state index contributed by atoms with van der Waals surface area (Å²) < 4.78 is 49.2. The summed E-state index contributed by atoms with van der Waals surface area (Å²) in [4.78, 5) is 2.60. The van der Waals surface area contributed by atoms with E-state index in [0.717, 1.165) is 24.2 Å². The summed E-state index contributed by atoms with van der Waals surface area (Å²) in [6.07, 6.45) is 2.45. The van der Waals surface area contributed by atoms with Crippen LogP contribution < -0.4 is 9.64 Å². The van der Waals surface area contributed by atoms with Crippen LogP contribution in [0.25, 0.3) is 0 Å². The maximum atomic E-state index is 14.3. The topological polar surface area (TPSA) is 70.1 Å². The lowest BCUT2D eigenvalue weighted by atomic mass is 10.1. The van der Waals surface area contributed by atoms with Crippen LogP contribution in [-0.2, 0) is 16.6 Å². The summed E-state index contributed by atoms with van der Waals surface area (Å²) in [6.45, 7) is 4.64. The molecule has 0 bridgehead atoms. The van der Waals surface area contributed by atoms with Crippen molar-refractivity contribution in [2.75, 3.05) is 24.3 Å². The van der Waals surface area contributed by atoms with Gasteiger partial charge in [-0.3, -0.25) is 0 Å². The number of thioether (sulfide) groups is 1. The summed E-state index contributed by atoms with van der Waals surface area (Å²) in [6, 6.07) is 16.2. The second-order valence-corrected chi connectivity index (χ2v) is 12.2. The maximum absolute atomic E-state index is 14.3. The van der Waals surface area contributed by atoms with E-state index in [2.05, 4.69) is 6.92 Å². The number of rotatable bonds is 9. The molecule has 37 heavy (non-hydrogen) atoms. The number of ether oxygens (including phenoxy) is 1. The number of aromatic hydroxyl groups is 1. The Morgan fingerprint density at radius 1 is 1.08 bits per heavy atom. The fourth-order valence-electron chi connectivity index (χ4n) is 4.62. The Morgan fingerprint density at radius 3 is 2.41 bits per heavy atom. The third-order valence-electron chi connectivity index (χ3n) is 6.55. The van der Waals surface area contributed by atoms with Gasteiger partial charge in [0.1, 0.15) is 22.2 Å². The van der Waals surface area contributed by atoms with Crippen LogP contribution in [0.2, 0.25) is 0 Å². The van der Waals surface area contributed by atoms with E-state index < -0.39 is 10.0 Å². The molecule has 1 unspecified atom stereocenters. The predicted octanol–water partition coefficient (Wildman–Crippen LogP) is 6.55. The van der Waals surface area contributed by atoms with Gasteiger partial charge in [0.05, 0.1) is 17.7 Å².